The fourth-order valence-corrected chi connectivity index (χ4v) is 0.891. The van der Waals surface area contributed by atoms with Gasteiger partial charge in [0.25, 0.3) is 11.8 Å². The van der Waals surface area contributed by atoms with Gasteiger partial charge in [0.15, 0.2) is 0 Å². The SMILES string of the molecule is C=CC(=O)N1C=CN(C(=O)C=C)C=C1. The summed E-state index contributed by atoms with van der Waals surface area (Å²) in [5.41, 5.74) is 0. The van der Waals surface area contributed by atoms with Crippen LogP contribution in [0.1, 0.15) is 0 Å². The van der Waals surface area contributed by atoms with E-state index >= 15 is 0 Å². The Morgan fingerprint density at radius 3 is 1.36 bits per heavy atom. The molecule has 0 aromatic carbocycles. The largest absolute Gasteiger partial charge is 0.288 e. The van der Waals surface area contributed by atoms with Crippen LogP contribution >= 0.6 is 0 Å². The van der Waals surface area contributed by atoms with Gasteiger partial charge < -0.3 is 0 Å². The van der Waals surface area contributed by atoms with Crippen molar-refractivity contribution in [3.63, 3.8) is 0 Å². The van der Waals surface area contributed by atoms with Crippen LogP contribution in [-0.4, -0.2) is 21.6 Å². The molecule has 0 spiro atoms. The maximum absolute atomic E-state index is 11.1. The number of rotatable bonds is 2. The first-order chi connectivity index (χ1) is 6.69. The van der Waals surface area contributed by atoms with E-state index in [-0.39, 0.29) is 11.8 Å². The third-order valence-corrected chi connectivity index (χ3v) is 1.63. The van der Waals surface area contributed by atoms with Gasteiger partial charge in [0, 0.05) is 24.8 Å². The number of amides is 2. The molecule has 2 amide bonds. The first-order valence-corrected chi connectivity index (χ1v) is 3.95. The van der Waals surface area contributed by atoms with Gasteiger partial charge in [-0.15, -0.1) is 0 Å². The van der Waals surface area contributed by atoms with Crippen molar-refractivity contribution in [1.29, 1.82) is 0 Å². The lowest BCUT2D eigenvalue weighted by Gasteiger charge is -2.20. The van der Waals surface area contributed by atoms with Crippen molar-refractivity contribution in [2.45, 2.75) is 0 Å². The average Bonchev–Trinajstić information content (AvgIpc) is 2.27. The van der Waals surface area contributed by atoms with Gasteiger partial charge in [-0.3, -0.25) is 19.4 Å². The third-order valence-electron chi connectivity index (χ3n) is 1.63. The standard InChI is InChI=1S/C10H10N2O2/c1-3-9(13)11-5-7-12(8-6-11)10(14)4-2/h3-8H,1-2H2. The van der Waals surface area contributed by atoms with Crippen molar-refractivity contribution in [2.75, 3.05) is 0 Å². The van der Waals surface area contributed by atoms with Crippen molar-refractivity contribution in [2.24, 2.45) is 0 Å². The molecule has 1 heterocycles. The predicted molar refractivity (Wildman–Crippen MR) is 52.4 cm³/mol. The summed E-state index contributed by atoms with van der Waals surface area (Å²) in [5, 5.41) is 0. The molecule has 0 atom stereocenters. The predicted octanol–water partition coefficient (Wildman–Crippen LogP) is 0.972. The molecule has 0 aromatic rings. The van der Waals surface area contributed by atoms with Crippen LogP contribution in [-0.2, 0) is 9.59 Å². The van der Waals surface area contributed by atoms with Gasteiger partial charge in [0.2, 0.25) is 0 Å². The summed E-state index contributed by atoms with van der Waals surface area (Å²) in [6.07, 6.45) is 8.30. The van der Waals surface area contributed by atoms with Gasteiger partial charge in [-0.1, -0.05) is 13.2 Å². The second-order valence-corrected chi connectivity index (χ2v) is 2.50. The molecule has 0 saturated heterocycles. The molecule has 1 aliphatic rings. The van der Waals surface area contributed by atoms with E-state index in [1.807, 2.05) is 0 Å². The molecular weight excluding hydrogens is 180 g/mol. The summed E-state index contributed by atoms with van der Waals surface area (Å²) in [5.74, 6) is -0.494. The van der Waals surface area contributed by atoms with Crippen molar-refractivity contribution >= 4 is 11.8 Å². The Morgan fingerprint density at radius 1 is 0.857 bits per heavy atom. The van der Waals surface area contributed by atoms with E-state index in [9.17, 15) is 9.59 Å². The molecule has 72 valence electrons. The zero-order chi connectivity index (χ0) is 10.6. The topological polar surface area (TPSA) is 40.6 Å². The zero-order valence-electron chi connectivity index (χ0n) is 7.59. The molecule has 0 N–H and O–H groups in total. The molecule has 4 nitrogen and oxygen atoms in total. The van der Waals surface area contributed by atoms with Crippen LogP contribution in [0.15, 0.2) is 50.1 Å². The molecule has 0 saturated carbocycles. The molecule has 1 aliphatic heterocycles. The Hall–Kier alpha value is -2.10. The van der Waals surface area contributed by atoms with Gasteiger partial charge in [-0.05, 0) is 12.2 Å². The van der Waals surface area contributed by atoms with E-state index < -0.39 is 0 Å². The third kappa shape index (κ3) is 1.98. The molecule has 0 aliphatic carbocycles. The van der Waals surface area contributed by atoms with Crippen molar-refractivity contribution in [3.8, 4) is 0 Å². The van der Waals surface area contributed by atoms with E-state index in [0.717, 1.165) is 0 Å². The molecule has 0 aromatic heterocycles. The van der Waals surface area contributed by atoms with Gasteiger partial charge in [0.1, 0.15) is 0 Å². The molecule has 14 heavy (non-hydrogen) atoms. The fraction of sp³-hybridized carbons (Fsp3) is 0. The van der Waals surface area contributed by atoms with Crippen LogP contribution in [0.4, 0.5) is 0 Å². The minimum Gasteiger partial charge on any atom is -0.288 e. The number of carbonyl (C=O) groups is 2. The van der Waals surface area contributed by atoms with Gasteiger partial charge in [-0.25, -0.2) is 0 Å². The highest BCUT2D eigenvalue weighted by Crippen LogP contribution is 2.05. The van der Waals surface area contributed by atoms with Gasteiger partial charge in [-0.2, -0.15) is 0 Å². The lowest BCUT2D eigenvalue weighted by Crippen LogP contribution is -2.26. The Bertz CT molecular complexity index is 296. The lowest BCUT2D eigenvalue weighted by atomic mass is 10.4. The molecule has 0 fully saturated rings. The second kappa shape index (κ2) is 4.23. The highest BCUT2D eigenvalue weighted by Gasteiger charge is 2.10. The van der Waals surface area contributed by atoms with Crippen LogP contribution < -0.4 is 0 Å². The Balaban J connectivity index is 2.70. The fourth-order valence-electron chi connectivity index (χ4n) is 0.891. The zero-order valence-corrected chi connectivity index (χ0v) is 7.59. The van der Waals surface area contributed by atoms with Crippen molar-refractivity contribution < 1.29 is 9.59 Å². The molecular formula is C10H10N2O2. The monoisotopic (exact) mass is 190 g/mol. The van der Waals surface area contributed by atoms with E-state index in [4.69, 9.17) is 0 Å². The summed E-state index contributed by atoms with van der Waals surface area (Å²) in [6.45, 7) is 6.70. The van der Waals surface area contributed by atoms with E-state index in [1.165, 1.54) is 46.8 Å². The van der Waals surface area contributed by atoms with Crippen LogP contribution in [0, 0.1) is 0 Å². The average molecular weight is 190 g/mol. The van der Waals surface area contributed by atoms with Crippen molar-refractivity contribution in [3.05, 3.63) is 50.1 Å². The molecule has 1 rings (SSSR count). The summed E-state index contributed by atoms with van der Waals surface area (Å²) in [6, 6.07) is 0. The highest BCUT2D eigenvalue weighted by atomic mass is 16.2. The van der Waals surface area contributed by atoms with Crippen LogP contribution in [0.25, 0.3) is 0 Å². The van der Waals surface area contributed by atoms with Gasteiger partial charge in [0.05, 0.1) is 0 Å². The maximum atomic E-state index is 11.1. The number of hydrogen-bond donors (Lipinski definition) is 0. The summed E-state index contributed by atoms with van der Waals surface area (Å²) < 4.78 is 0. The highest BCUT2D eigenvalue weighted by molar-refractivity contribution is 5.91. The van der Waals surface area contributed by atoms with E-state index in [1.54, 1.807) is 0 Å². The van der Waals surface area contributed by atoms with E-state index in [0.29, 0.717) is 0 Å². The Morgan fingerprint density at radius 2 is 1.14 bits per heavy atom. The summed E-state index contributed by atoms with van der Waals surface area (Å²) >= 11 is 0. The number of hydrogen-bond acceptors (Lipinski definition) is 2. The lowest BCUT2D eigenvalue weighted by molar-refractivity contribution is -0.124. The number of carbonyl (C=O) groups excluding carboxylic acids is 2. The van der Waals surface area contributed by atoms with Crippen LogP contribution in [0.2, 0.25) is 0 Å². The summed E-state index contributed by atoms with van der Waals surface area (Å²) in [4.78, 5) is 24.8. The van der Waals surface area contributed by atoms with Crippen molar-refractivity contribution in [1.82, 2.24) is 9.80 Å². The number of nitrogens with zero attached hydrogens (tertiary/aromatic N) is 2. The first-order valence-electron chi connectivity index (χ1n) is 3.95. The quantitative estimate of drug-likeness (QED) is 0.609. The molecule has 0 bridgehead atoms. The maximum Gasteiger partial charge on any atom is 0.254 e. The first kappa shape index (κ1) is 9.98. The molecule has 4 heteroatoms. The van der Waals surface area contributed by atoms with Gasteiger partial charge >= 0.3 is 0 Å². The smallest absolute Gasteiger partial charge is 0.254 e. The van der Waals surface area contributed by atoms with Crippen LogP contribution in [0.5, 0.6) is 0 Å². The Kier molecular flexibility index (Phi) is 3.01. The minimum absolute atomic E-state index is 0.247. The van der Waals surface area contributed by atoms with Crippen LogP contribution in [0.3, 0.4) is 0 Å². The van der Waals surface area contributed by atoms with E-state index in [2.05, 4.69) is 13.2 Å². The molecule has 0 radical (unpaired) electrons. The Labute approximate surface area is 82.1 Å². The molecule has 0 unspecified atom stereocenters. The second-order valence-electron chi connectivity index (χ2n) is 2.50. The normalized spacial score (nSPS) is 14.0. The summed E-state index contributed by atoms with van der Waals surface area (Å²) in [7, 11) is 0. The minimum atomic E-state index is -0.247.